The predicted molar refractivity (Wildman–Crippen MR) is 102 cm³/mol. The zero-order valence-corrected chi connectivity index (χ0v) is 17.3. The topological polar surface area (TPSA) is 84.0 Å². The molecule has 28 heavy (non-hydrogen) atoms. The molecule has 0 N–H and O–H groups in total. The minimum Gasteiger partial charge on any atom is -0.452 e. The van der Waals surface area contributed by atoms with E-state index in [4.69, 9.17) is 4.74 Å². The number of carbonyl (C=O) groups is 2. The summed E-state index contributed by atoms with van der Waals surface area (Å²) >= 11 is 0. The van der Waals surface area contributed by atoms with E-state index in [0.29, 0.717) is 19.0 Å². The van der Waals surface area contributed by atoms with Gasteiger partial charge in [-0.05, 0) is 37.0 Å². The van der Waals surface area contributed by atoms with E-state index in [2.05, 4.69) is 6.92 Å². The molecule has 0 aliphatic carbocycles. The fourth-order valence-electron chi connectivity index (χ4n) is 3.09. The fraction of sp³-hybridized carbons (Fsp3) is 0.579. The number of sulfonamides is 1. The molecule has 1 amide bonds. The minimum atomic E-state index is -4.07. The lowest BCUT2D eigenvalue weighted by Gasteiger charge is -2.30. The second-order valence-corrected chi connectivity index (χ2v) is 8.78. The Labute approximate surface area is 165 Å². The highest BCUT2D eigenvalue weighted by Crippen LogP contribution is 2.21. The Kier molecular flexibility index (Phi) is 7.54. The highest BCUT2D eigenvalue weighted by molar-refractivity contribution is 7.89. The third kappa shape index (κ3) is 5.08. The Bertz CT molecular complexity index is 816. The van der Waals surface area contributed by atoms with E-state index < -0.39 is 33.3 Å². The maximum atomic E-state index is 14.1. The van der Waals surface area contributed by atoms with Crippen LogP contribution < -0.4 is 0 Å². The Morgan fingerprint density at radius 3 is 2.39 bits per heavy atom. The molecule has 0 radical (unpaired) electrons. The normalized spacial score (nSPS) is 15.7. The average molecular weight is 414 g/mol. The van der Waals surface area contributed by atoms with Crippen LogP contribution in [0.25, 0.3) is 0 Å². The summed E-state index contributed by atoms with van der Waals surface area (Å²) in [5.74, 6) is -1.54. The van der Waals surface area contributed by atoms with E-state index in [0.717, 1.165) is 35.3 Å². The van der Waals surface area contributed by atoms with Crippen molar-refractivity contribution in [3.8, 4) is 0 Å². The summed E-state index contributed by atoms with van der Waals surface area (Å²) in [6.45, 7) is 6.59. The summed E-state index contributed by atoms with van der Waals surface area (Å²) < 4.78 is 45.4. The molecule has 1 heterocycles. The number of esters is 1. The zero-order chi connectivity index (χ0) is 20.9. The number of hydrogen-bond donors (Lipinski definition) is 0. The SMILES string of the molecule is CCN(CC)S(=O)(=O)c1cc(C(=O)OCC(=O)N2CCC(C)CC2)ccc1F. The predicted octanol–water partition coefficient (Wildman–Crippen LogP) is 2.27. The molecule has 0 atom stereocenters. The zero-order valence-electron chi connectivity index (χ0n) is 16.5. The van der Waals surface area contributed by atoms with Crippen molar-refractivity contribution < 1.29 is 27.1 Å². The van der Waals surface area contributed by atoms with Crippen LogP contribution in [-0.2, 0) is 19.6 Å². The van der Waals surface area contributed by atoms with Gasteiger partial charge in [0, 0.05) is 26.2 Å². The molecular weight excluding hydrogens is 387 g/mol. The van der Waals surface area contributed by atoms with Gasteiger partial charge in [-0.1, -0.05) is 20.8 Å². The van der Waals surface area contributed by atoms with Crippen molar-refractivity contribution >= 4 is 21.9 Å². The smallest absolute Gasteiger partial charge is 0.338 e. The Hall–Kier alpha value is -2.00. The average Bonchev–Trinajstić information content (AvgIpc) is 2.67. The molecule has 1 aliphatic heterocycles. The van der Waals surface area contributed by atoms with Crippen LogP contribution in [0.3, 0.4) is 0 Å². The number of likely N-dealkylation sites (tertiary alicyclic amines) is 1. The van der Waals surface area contributed by atoms with Gasteiger partial charge in [0.05, 0.1) is 5.56 Å². The quantitative estimate of drug-likeness (QED) is 0.639. The van der Waals surface area contributed by atoms with E-state index in [1.165, 1.54) is 0 Å². The number of benzene rings is 1. The van der Waals surface area contributed by atoms with Crippen molar-refractivity contribution in [2.45, 2.75) is 38.5 Å². The molecule has 0 bridgehead atoms. The van der Waals surface area contributed by atoms with E-state index in [-0.39, 0.29) is 24.6 Å². The van der Waals surface area contributed by atoms with Gasteiger partial charge in [0.2, 0.25) is 10.0 Å². The van der Waals surface area contributed by atoms with Gasteiger partial charge >= 0.3 is 5.97 Å². The van der Waals surface area contributed by atoms with Gasteiger partial charge in [-0.25, -0.2) is 17.6 Å². The molecule has 1 aliphatic rings. The van der Waals surface area contributed by atoms with E-state index in [1.54, 1.807) is 18.7 Å². The first-order chi connectivity index (χ1) is 13.2. The summed E-state index contributed by atoms with van der Waals surface area (Å²) in [4.78, 5) is 25.5. The number of rotatable bonds is 7. The summed E-state index contributed by atoms with van der Waals surface area (Å²) in [5, 5.41) is 0. The molecule has 156 valence electrons. The van der Waals surface area contributed by atoms with Crippen molar-refractivity contribution in [3.63, 3.8) is 0 Å². The molecule has 1 aromatic rings. The lowest BCUT2D eigenvalue weighted by Crippen LogP contribution is -2.40. The summed E-state index contributed by atoms with van der Waals surface area (Å²) in [5.41, 5.74) is -0.118. The lowest BCUT2D eigenvalue weighted by molar-refractivity contribution is -0.135. The van der Waals surface area contributed by atoms with Crippen molar-refractivity contribution in [1.82, 2.24) is 9.21 Å². The van der Waals surface area contributed by atoms with Crippen LogP contribution in [0.5, 0.6) is 0 Å². The molecule has 1 saturated heterocycles. The third-order valence-corrected chi connectivity index (χ3v) is 7.02. The van der Waals surface area contributed by atoms with Crippen LogP contribution in [-0.4, -0.2) is 62.3 Å². The van der Waals surface area contributed by atoms with Crippen LogP contribution in [0.2, 0.25) is 0 Å². The van der Waals surface area contributed by atoms with Crippen LogP contribution >= 0.6 is 0 Å². The van der Waals surface area contributed by atoms with E-state index in [1.807, 2.05) is 0 Å². The van der Waals surface area contributed by atoms with Crippen LogP contribution in [0.4, 0.5) is 4.39 Å². The number of ether oxygens (including phenoxy) is 1. The second-order valence-electron chi connectivity index (χ2n) is 6.87. The molecule has 0 saturated carbocycles. The fourth-order valence-corrected chi connectivity index (χ4v) is 4.64. The van der Waals surface area contributed by atoms with Crippen molar-refractivity contribution in [2.24, 2.45) is 5.92 Å². The van der Waals surface area contributed by atoms with Gasteiger partial charge < -0.3 is 9.64 Å². The van der Waals surface area contributed by atoms with E-state index in [9.17, 15) is 22.4 Å². The maximum Gasteiger partial charge on any atom is 0.338 e. The first-order valence-electron chi connectivity index (χ1n) is 9.45. The van der Waals surface area contributed by atoms with Gasteiger partial charge in [-0.3, -0.25) is 4.79 Å². The van der Waals surface area contributed by atoms with E-state index >= 15 is 0 Å². The van der Waals surface area contributed by atoms with Gasteiger partial charge in [-0.2, -0.15) is 4.31 Å². The Balaban J connectivity index is 2.09. The molecule has 0 unspecified atom stereocenters. The monoisotopic (exact) mass is 414 g/mol. The molecular formula is C19H27FN2O5S. The first kappa shape index (κ1) is 22.3. The Morgan fingerprint density at radius 2 is 1.82 bits per heavy atom. The van der Waals surface area contributed by atoms with Crippen LogP contribution in [0.15, 0.2) is 23.1 Å². The first-order valence-corrected chi connectivity index (χ1v) is 10.9. The standard InChI is InChI=1S/C19H27FN2O5S/c1-4-22(5-2)28(25,26)17-12-15(6-7-16(17)20)19(24)27-13-18(23)21-10-8-14(3)9-11-21/h6-7,12,14H,4-5,8-11,13H2,1-3H3. The van der Waals surface area contributed by atoms with Crippen LogP contribution in [0, 0.1) is 11.7 Å². The highest BCUT2D eigenvalue weighted by atomic mass is 32.2. The maximum absolute atomic E-state index is 14.1. The molecule has 7 nitrogen and oxygen atoms in total. The minimum absolute atomic E-state index is 0.118. The van der Waals surface area contributed by atoms with Gasteiger partial charge in [0.15, 0.2) is 6.61 Å². The molecule has 1 fully saturated rings. The van der Waals surface area contributed by atoms with Crippen LogP contribution in [0.1, 0.15) is 44.0 Å². The molecule has 1 aromatic carbocycles. The van der Waals surface area contributed by atoms with Gasteiger partial charge in [0.25, 0.3) is 5.91 Å². The summed E-state index contributed by atoms with van der Waals surface area (Å²) in [6, 6.07) is 3.02. The number of halogens is 1. The second kappa shape index (κ2) is 9.47. The molecule has 2 rings (SSSR count). The van der Waals surface area contributed by atoms with Crippen molar-refractivity contribution in [3.05, 3.63) is 29.6 Å². The van der Waals surface area contributed by atoms with Crippen molar-refractivity contribution in [2.75, 3.05) is 32.8 Å². The highest BCUT2D eigenvalue weighted by Gasteiger charge is 2.27. The number of nitrogens with zero attached hydrogens (tertiary/aromatic N) is 2. The van der Waals surface area contributed by atoms with Gasteiger partial charge in [-0.15, -0.1) is 0 Å². The molecule has 0 spiro atoms. The number of hydrogen-bond acceptors (Lipinski definition) is 5. The summed E-state index contributed by atoms with van der Waals surface area (Å²) in [7, 11) is -4.07. The molecule has 0 aromatic heterocycles. The van der Waals surface area contributed by atoms with Gasteiger partial charge in [0.1, 0.15) is 10.7 Å². The largest absolute Gasteiger partial charge is 0.452 e. The van der Waals surface area contributed by atoms with Crippen molar-refractivity contribution in [1.29, 1.82) is 0 Å². The number of carbonyl (C=O) groups excluding carboxylic acids is 2. The molecule has 9 heteroatoms. The number of amides is 1. The Morgan fingerprint density at radius 1 is 1.21 bits per heavy atom. The number of piperidine rings is 1. The lowest BCUT2D eigenvalue weighted by atomic mass is 9.99. The third-order valence-electron chi connectivity index (χ3n) is 4.95. The summed E-state index contributed by atoms with van der Waals surface area (Å²) in [6.07, 6.45) is 1.81.